The zero-order chi connectivity index (χ0) is 11.8. The average molecular weight is 251 g/mol. The van der Waals surface area contributed by atoms with Crippen molar-refractivity contribution in [1.29, 1.82) is 0 Å². The summed E-state index contributed by atoms with van der Waals surface area (Å²) >= 11 is 1.86. The minimum atomic E-state index is 0.489. The van der Waals surface area contributed by atoms with Gasteiger partial charge in [0.25, 0.3) is 0 Å². The highest BCUT2D eigenvalue weighted by Gasteiger charge is 2.36. The Labute approximate surface area is 107 Å². The molecular formula is C13H21N3S. The Hall–Kier alpha value is -0.420. The van der Waals surface area contributed by atoms with Crippen molar-refractivity contribution in [3.8, 4) is 0 Å². The van der Waals surface area contributed by atoms with Crippen LogP contribution in [-0.2, 0) is 0 Å². The van der Waals surface area contributed by atoms with E-state index in [1.165, 1.54) is 43.2 Å². The molecule has 3 saturated heterocycles. The predicted molar refractivity (Wildman–Crippen MR) is 72.7 cm³/mol. The lowest BCUT2D eigenvalue weighted by atomic mass is 9.96. The van der Waals surface area contributed by atoms with Gasteiger partial charge in [-0.05, 0) is 31.0 Å². The van der Waals surface area contributed by atoms with Gasteiger partial charge in [-0.1, -0.05) is 0 Å². The van der Waals surface area contributed by atoms with E-state index in [1.807, 2.05) is 11.3 Å². The van der Waals surface area contributed by atoms with Crippen LogP contribution in [0.5, 0.6) is 0 Å². The van der Waals surface area contributed by atoms with Gasteiger partial charge in [0.2, 0.25) is 0 Å². The first-order valence-corrected chi connectivity index (χ1v) is 7.34. The highest BCUT2D eigenvalue weighted by molar-refractivity contribution is 7.10. The maximum atomic E-state index is 3.52. The molecule has 0 spiro atoms. The van der Waals surface area contributed by atoms with Crippen LogP contribution in [0.4, 0.5) is 0 Å². The summed E-state index contributed by atoms with van der Waals surface area (Å²) in [6.45, 7) is 8.42. The molecule has 0 saturated carbocycles. The van der Waals surface area contributed by atoms with Crippen LogP contribution < -0.4 is 5.32 Å². The number of piperazine rings is 3. The quantitative estimate of drug-likeness (QED) is 0.874. The third-order valence-electron chi connectivity index (χ3n) is 4.13. The number of nitrogens with one attached hydrogen (secondary N) is 1. The summed E-state index contributed by atoms with van der Waals surface area (Å²) in [7, 11) is 2.09. The summed E-state index contributed by atoms with van der Waals surface area (Å²) < 4.78 is 0. The Morgan fingerprint density at radius 2 is 2.12 bits per heavy atom. The summed E-state index contributed by atoms with van der Waals surface area (Å²) in [5, 5.41) is 5.84. The molecule has 2 bridgehead atoms. The lowest BCUT2D eigenvalue weighted by Gasteiger charge is -2.50. The van der Waals surface area contributed by atoms with Crippen molar-refractivity contribution in [3.05, 3.63) is 21.9 Å². The highest BCUT2D eigenvalue weighted by Crippen LogP contribution is 2.29. The number of rotatable bonds is 3. The van der Waals surface area contributed by atoms with Crippen LogP contribution in [0.25, 0.3) is 0 Å². The molecule has 1 N–H and O–H groups in total. The minimum Gasteiger partial charge on any atom is -0.312 e. The van der Waals surface area contributed by atoms with Gasteiger partial charge in [-0.2, -0.15) is 0 Å². The molecular weight excluding hydrogens is 230 g/mol. The SMILES string of the molecule is CNC(c1csc(C)c1)C1CN2CCN1CC2. The summed E-state index contributed by atoms with van der Waals surface area (Å²) in [5.74, 6) is 0. The van der Waals surface area contributed by atoms with Gasteiger partial charge in [0.05, 0.1) is 0 Å². The van der Waals surface area contributed by atoms with Crippen LogP contribution >= 0.6 is 11.3 Å². The van der Waals surface area contributed by atoms with Crippen molar-refractivity contribution in [2.75, 3.05) is 39.8 Å². The third-order valence-corrected chi connectivity index (χ3v) is 5.01. The zero-order valence-electron chi connectivity index (χ0n) is 10.6. The second kappa shape index (κ2) is 4.69. The lowest BCUT2D eigenvalue weighted by Crippen LogP contribution is -2.63. The van der Waals surface area contributed by atoms with E-state index in [1.54, 1.807) is 0 Å². The predicted octanol–water partition coefficient (Wildman–Crippen LogP) is 1.32. The van der Waals surface area contributed by atoms with Gasteiger partial charge < -0.3 is 5.32 Å². The molecule has 3 nitrogen and oxygen atoms in total. The number of hydrogen-bond acceptors (Lipinski definition) is 4. The Kier molecular flexibility index (Phi) is 3.21. The fourth-order valence-electron chi connectivity index (χ4n) is 3.18. The molecule has 2 unspecified atom stereocenters. The molecule has 1 aromatic heterocycles. The molecule has 2 atom stereocenters. The van der Waals surface area contributed by atoms with Crippen molar-refractivity contribution >= 4 is 11.3 Å². The first-order valence-electron chi connectivity index (χ1n) is 6.46. The van der Waals surface area contributed by atoms with Gasteiger partial charge in [-0.25, -0.2) is 0 Å². The number of fused-ring (bicyclic) bond motifs is 3. The molecule has 0 aliphatic carbocycles. The van der Waals surface area contributed by atoms with Crippen LogP contribution in [0.15, 0.2) is 11.4 Å². The molecule has 3 aliphatic rings. The molecule has 3 fully saturated rings. The first kappa shape index (κ1) is 11.7. The summed E-state index contributed by atoms with van der Waals surface area (Å²) in [6.07, 6.45) is 0. The van der Waals surface area contributed by atoms with E-state index in [0.29, 0.717) is 12.1 Å². The minimum absolute atomic E-state index is 0.489. The number of thiophene rings is 1. The van der Waals surface area contributed by atoms with E-state index >= 15 is 0 Å². The van der Waals surface area contributed by atoms with E-state index in [2.05, 4.69) is 40.5 Å². The second-order valence-electron chi connectivity index (χ2n) is 5.16. The third kappa shape index (κ3) is 2.15. The maximum Gasteiger partial charge on any atom is 0.0496 e. The number of nitrogens with zero attached hydrogens (tertiary/aromatic N) is 2. The van der Waals surface area contributed by atoms with E-state index < -0.39 is 0 Å². The largest absolute Gasteiger partial charge is 0.312 e. The molecule has 0 radical (unpaired) electrons. The average Bonchev–Trinajstić information content (AvgIpc) is 2.78. The topological polar surface area (TPSA) is 18.5 Å². The van der Waals surface area contributed by atoms with E-state index in [9.17, 15) is 0 Å². The Bertz CT molecular complexity index is 382. The van der Waals surface area contributed by atoms with Gasteiger partial charge in [0, 0.05) is 49.7 Å². The van der Waals surface area contributed by atoms with Crippen LogP contribution in [-0.4, -0.2) is 55.6 Å². The molecule has 0 amide bonds. The summed E-state index contributed by atoms with van der Waals surface area (Å²) in [5.41, 5.74) is 1.47. The zero-order valence-corrected chi connectivity index (χ0v) is 11.5. The van der Waals surface area contributed by atoms with Crippen molar-refractivity contribution in [1.82, 2.24) is 15.1 Å². The fourth-order valence-corrected chi connectivity index (χ4v) is 3.92. The van der Waals surface area contributed by atoms with Crippen LogP contribution in [0.3, 0.4) is 0 Å². The van der Waals surface area contributed by atoms with Crippen molar-refractivity contribution in [2.24, 2.45) is 0 Å². The standard InChI is InChI=1S/C13H21N3S/c1-10-7-11(9-17-10)13(14-2)12-8-15-3-5-16(12)6-4-15/h7,9,12-14H,3-6,8H2,1-2H3. The molecule has 3 aliphatic heterocycles. The van der Waals surface area contributed by atoms with Crippen molar-refractivity contribution in [2.45, 2.75) is 19.0 Å². The Balaban J connectivity index is 1.81. The van der Waals surface area contributed by atoms with Gasteiger partial charge in [0.15, 0.2) is 0 Å². The molecule has 94 valence electrons. The monoisotopic (exact) mass is 251 g/mol. The fraction of sp³-hybridized carbons (Fsp3) is 0.692. The second-order valence-corrected chi connectivity index (χ2v) is 6.28. The first-order chi connectivity index (χ1) is 8.28. The van der Waals surface area contributed by atoms with Crippen molar-refractivity contribution in [3.63, 3.8) is 0 Å². The molecule has 4 rings (SSSR count). The van der Waals surface area contributed by atoms with E-state index in [0.717, 1.165) is 0 Å². The van der Waals surface area contributed by atoms with Gasteiger partial charge >= 0.3 is 0 Å². The van der Waals surface area contributed by atoms with Gasteiger partial charge in [0.1, 0.15) is 0 Å². The Morgan fingerprint density at radius 3 is 2.59 bits per heavy atom. The smallest absolute Gasteiger partial charge is 0.0496 e. The van der Waals surface area contributed by atoms with Crippen LogP contribution in [0.2, 0.25) is 0 Å². The number of aryl methyl sites for hydroxylation is 1. The van der Waals surface area contributed by atoms with E-state index in [-0.39, 0.29) is 0 Å². The summed E-state index contributed by atoms with van der Waals surface area (Å²) in [6, 6.07) is 3.48. The number of likely N-dealkylation sites (N-methyl/N-ethyl adjacent to an activating group) is 1. The van der Waals surface area contributed by atoms with Crippen LogP contribution in [0.1, 0.15) is 16.5 Å². The molecule has 0 aromatic carbocycles. The Morgan fingerprint density at radius 1 is 1.35 bits per heavy atom. The van der Waals surface area contributed by atoms with Crippen molar-refractivity contribution < 1.29 is 0 Å². The molecule has 4 heteroatoms. The summed E-state index contributed by atoms with van der Waals surface area (Å²) in [4.78, 5) is 6.68. The number of hydrogen-bond donors (Lipinski definition) is 1. The van der Waals surface area contributed by atoms with Crippen LogP contribution in [0, 0.1) is 6.92 Å². The molecule has 17 heavy (non-hydrogen) atoms. The molecule has 1 aromatic rings. The normalized spacial score (nSPS) is 33.9. The molecule has 4 heterocycles. The van der Waals surface area contributed by atoms with Gasteiger partial charge in [-0.15, -0.1) is 11.3 Å². The van der Waals surface area contributed by atoms with E-state index in [4.69, 9.17) is 0 Å². The highest BCUT2D eigenvalue weighted by atomic mass is 32.1. The van der Waals surface area contributed by atoms with Gasteiger partial charge in [-0.3, -0.25) is 9.80 Å². The maximum absolute atomic E-state index is 3.52. The lowest BCUT2D eigenvalue weighted by molar-refractivity contribution is -0.00248.